The summed E-state index contributed by atoms with van der Waals surface area (Å²) < 4.78 is 20.3. The maximum atomic E-state index is 13.4. The molecule has 0 spiro atoms. The van der Waals surface area contributed by atoms with Crippen molar-refractivity contribution in [1.82, 2.24) is 19.9 Å². The summed E-state index contributed by atoms with van der Waals surface area (Å²) in [4.78, 5) is 17.6. The highest BCUT2D eigenvalue weighted by molar-refractivity contribution is 5.77. The number of rotatable bonds is 8. The predicted octanol–water partition coefficient (Wildman–Crippen LogP) is 4.40. The zero-order valence-corrected chi connectivity index (χ0v) is 19.9. The molecule has 1 N–H and O–H groups in total. The Morgan fingerprint density at radius 2 is 1.89 bits per heavy atom. The number of nitrogens with zero attached hydrogens (tertiary/aromatic N) is 4. The molecular weight excluding hydrogens is 445 g/mol. The smallest absolute Gasteiger partial charge is 0.220 e. The van der Waals surface area contributed by atoms with Crippen LogP contribution in [0.5, 0.6) is 5.75 Å². The van der Waals surface area contributed by atoms with E-state index in [0.717, 1.165) is 33.8 Å². The second kappa shape index (κ2) is 10.3. The fourth-order valence-corrected chi connectivity index (χ4v) is 4.20. The van der Waals surface area contributed by atoms with Gasteiger partial charge in [-0.05, 0) is 67.6 Å². The number of halogens is 1. The molecule has 2 aromatic carbocycles. The average molecular weight is 472 g/mol. The molecule has 0 radical (unpaired) electrons. The lowest BCUT2D eigenvalue weighted by Crippen LogP contribution is -2.30. The predicted molar refractivity (Wildman–Crippen MR) is 129 cm³/mol. The first kappa shape index (κ1) is 23.9. The average Bonchev–Trinajstić information content (AvgIpc) is 3.28. The highest BCUT2D eigenvalue weighted by atomic mass is 19.1. The molecule has 1 atom stereocenters. The molecule has 1 unspecified atom stereocenters. The number of fused-ring (bicyclic) bond motifs is 1. The molecule has 2 aromatic heterocycles. The summed E-state index contributed by atoms with van der Waals surface area (Å²) in [6.45, 7) is 3.79. The van der Waals surface area contributed by atoms with E-state index in [1.54, 1.807) is 23.8 Å². The van der Waals surface area contributed by atoms with Crippen LogP contribution >= 0.6 is 0 Å². The van der Waals surface area contributed by atoms with Crippen LogP contribution in [0.1, 0.15) is 46.1 Å². The number of hydrogen-bond donors (Lipinski definition) is 1. The minimum Gasteiger partial charge on any atom is -0.497 e. The van der Waals surface area contributed by atoms with Gasteiger partial charge in [0.05, 0.1) is 19.3 Å². The Morgan fingerprint density at radius 1 is 1.17 bits per heavy atom. The van der Waals surface area contributed by atoms with E-state index in [1.807, 2.05) is 38.1 Å². The Labute approximate surface area is 203 Å². The van der Waals surface area contributed by atoms with Gasteiger partial charge in [0.15, 0.2) is 5.65 Å². The minimum absolute atomic E-state index is 0.106. The van der Waals surface area contributed by atoms with Gasteiger partial charge < -0.3 is 10.1 Å². The van der Waals surface area contributed by atoms with Gasteiger partial charge in [-0.15, -0.1) is 0 Å². The van der Waals surface area contributed by atoms with E-state index in [4.69, 9.17) is 4.74 Å². The van der Waals surface area contributed by atoms with Crippen molar-refractivity contribution in [1.29, 1.82) is 5.26 Å². The molecule has 8 heteroatoms. The molecule has 178 valence electrons. The third-order valence-corrected chi connectivity index (χ3v) is 6.14. The maximum absolute atomic E-state index is 13.4. The second-order valence-corrected chi connectivity index (χ2v) is 8.39. The monoisotopic (exact) mass is 471 g/mol. The standard InChI is InChI=1S/C27H26FN5O2/c1-17-24(18(2)33-27(31-17)21(15-29)16-30-33)12-13-26(34)32-25(14-19-4-8-22(28)9-5-19)20-6-10-23(35-3)11-7-20/h4-11,16,25H,12-14H2,1-3H3,(H,32,34). The van der Waals surface area contributed by atoms with E-state index >= 15 is 0 Å². The number of nitriles is 1. The largest absolute Gasteiger partial charge is 0.497 e. The second-order valence-electron chi connectivity index (χ2n) is 8.39. The van der Waals surface area contributed by atoms with Crippen molar-refractivity contribution in [2.45, 2.75) is 39.2 Å². The van der Waals surface area contributed by atoms with Crippen LogP contribution in [-0.2, 0) is 17.6 Å². The molecule has 7 nitrogen and oxygen atoms in total. The zero-order valence-electron chi connectivity index (χ0n) is 19.9. The van der Waals surface area contributed by atoms with Gasteiger partial charge in [-0.2, -0.15) is 10.4 Å². The molecular formula is C27H26FN5O2. The number of ether oxygens (including phenoxy) is 1. The van der Waals surface area contributed by atoms with Crippen molar-refractivity contribution >= 4 is 11.6 Å². The summed E-state index contributed by atoms with van der Waals surface area (Å²) in [5, 5.41) is 16.7. The summed E-state index contributed by atoms with van der Waals surface area (Å²) >= 11 is 0. The van der Waals surface area contributed by atoms with E-state index in [1.165, 1.54) is 18.3 Å². The number of aryl methyl sites for hydroxylation is 2. The lowest BCUT2D eigenvalue weighted by molar-refractivity contribution is -0.121. The van der Waals surface area contributed by atoms with Crippen molar-refractivity contribution in [2.75, 3.05) is 7.11 Å². The molecule has 4 aromatic rings. The Morgan fingerprint density at radius 3 is 2.54 bits per heavy atom. The highest BCUT2D eigenvalue weighted by Crippen LogP contribution is 2.23. The first-order valence-electron chi connectivity index (χ1n) is 11.3. The third-order valence-electron chi connectivity index (χ3n) is 6.14. The van der Waals surface area contributed by atoms with E-state index < -0.39 is 0 Å². The molecule has 0 bridgehead atoms. The Hall–Kier alpha value is -4.25. The van der Waals surface area contributed by atoms with Crippen molar-refractivity contribution in [2.24, 2.45) is 0 Å². The van der Waals surface area contributed by atoms with Crippen LogP contribution < -0.4 is 10.1 Å². The molecule has 4 rings (SSSR count). The number of hydrogen-bond acceptors (Lipinski definition) is 5. The van der Waals surface area contributed by atoms with Crippen LogP contribution in [0.4, 0.5) is 4.39 Å². The van der Waals surface area contributed by atoms with Crippen LogP contribution in [0.15, 0.2) is 54.7 Å². The van der Waals surface area contributed by atoms with E-state index in [-0.39, 0.29) is 24.2 Å². The van der Waals surface area contributed by atoms with Gasteiger partial charge in [-0.25, -0.2) is 13.9 Å². The lowest BCUT2D eigenvalue weighted by Gasteiger charge is -2.20. The molecule has 0 aliphatic heterocycles. The fourth-order valence-electron chi connectivity index (χ4n) is 4.20. The first-order valence-corrected chi connectivity index (χ1v) is 11.3. The summed E-state index contributed by atoms with van der Waals surface area (Å²) in [5.41, 5.74) is 5.36. The van der Waals surface area contributed by atoms with Gasteiger partial charge in [0.2, 0.25) is 5.91 Å². The van der Waals surface area contributed by atoms with Gasteiger partial charge >= 0.3 is 0 Å². The number of amides is 1. The summed E-state index contributed by atoms with van der Waals surface area (Å²) in [5.74, 6) is 0.326. The Kier molecular flexibility index (Phi) is 7.06. The number of carbonyl (C=O) groups is 1. The number of benzene rings is 2. The topological polar surface area (TPSA) is 92.3 Å². The van der Waals surface area contributed by atoms with E-state index in [0.29, 0.717) is 24.1 Å². The number of nitrogens with one attached hydrogen (secondary N) is 1. The Balaban J connectivity index is 1.51. The molecule has 1 amide bonds. The van der Waals surface area contributed by atoms with Gasteiger partial charge in [0.25, 0.3) is 0 Å². The lowest BCUT2D eigenvalue weighted by atomic mass is 9.98. The minimum atomic E-state index is -0.297. The quantitative estimate of drug-likeness (QED) is 0.411. The molecule has 35 heavy (non-hydrogen) atoms. The fraction of sp³-hybridized carbons (Fsp3) is 0.259. The molecule has 2 heterocycles. The molecule has 0 aliphatic carbocycles. The summed E-state index contributed by atoms with van der Waals surface area (Å²) in [6, 6.07) is 15.7. The highest BCUT2D eigenvalue weighted by Gasteiger charge is 2.18. The van der Waals surface area contributed by atoms with Gasteiger partial charge in [-0.1, -0.05) is 24.3 Å². The zero-order chi connectivity index (χ0) is 24.9. The summed E-state index contributed by atoms with van der Waals surface area (Å²) in [7, 11) is 1.60. The van der Waals surface area contributed by atoms with Crippen LogP contribution in [0.25, 0.3) is 5.65 Å². The number of carbonyl (C=O) groups excluding carboxylic acids is 1. The van der Waals surface area contributed by atoms with Crippen LogP contribution in [0, 0.1) is 31.0 Å². The summed E-state index contributed by atoms with van der Waals surface area (Å²) in [6.07, 6.45) is 2.77. The van der Waals surface area contributed by atoms with Crippen molar-refractivity contribution in [3.8, 4) is 11.8 Å². The van der Waals surface area contributed by atoms with Crippen molar-refractivity contribution in [3.05, 3.63) is 94.2 Å². The molecule has 0 saturated carbocycles. The van der Waals surface area contributed by atoms with E-state index in [2.05, 4.69) is 21.5 Å². The maximum Gasteiger partial charge on any atom is 0.220 e. The van der Waals surface area contributed by atoms with Crippen LogP contribution in [0.2, 0.25) is 0 Å². The van der Waals surface area contributed by atoms with Crippen LogP contribution in [0.3, 0.4) is 0 Å². The number of methoxy groups -OCH3 is 1. The molecule has 0 aliphatic rings. The van der Waals surface area contributed by atoms with Crippen molar-refractivity contribution in [3.63, 3.8) is 0 Å². The van der Waals surface area contributed by atoms with Crippen molar-refractivity contribution < 1.29 is 13.9 Å². The molecule has 0 fully saturated rings. The molecule has 0 saturated heterocycles. The van der Waals surface area contributed by atoms with Gasteiger partial charge in [0.1, 0.15) is 23.2 Å². The number of aromatic nitrogens is 3. The van der Waals surface area contributed by atoms with Gasteiger partial charge in [0, 0.05) is 17.8 Å². The third kappa shape index (κ3) is 5.30. The Bertz CT molecular complexity index is 1390. The van der Waals surface area contributed by atoms with Gasteiger partial charge in [-0.3, -0.25) is 4.79 Å². The van der Waals surface area contributed by atoms with E-state index in [9.17, 15) is 14.4 Å². The first-order chi connectivity index (χ1) is 16.9. The SMILES string of the molecule is COc1ccc(C(Cc2ccc(F)cc2)NC(=O)CCc2c(C)nc3c(C#N)cnn3c2C)cc1. The van der Waals surface area contributed by atoms with Crippen LogP contribution in [-0.4, -0.2) is 27.6 Å². The normalized spacial score (nSPS) is 11.7.